The van der Waals surface area contributed by atoms with Crippen LogP contribution < -0.4 is 0 Å². The van der Waals surface area contributed by atoms with Gasteiger partial charge in [-0.05, 0) is 49.5 Å². The third kappa shape index (κ3) is 1.85. The quantitative estimate of drug-likeness (QED) is 0.717. The number of hydrogen-bond donors (Lipinski definition) is 2. The van der Waals surface area contributed by atoms with Crippen LogP contribution in [-0.4, -0.2) is 34.0 Å². The first-order valence-electron chi connectivity index (χ1n) is 8.92. The van der Waals surface area contributed by atoms with E-state index in [1.807, 2.05) is 13.8 Å². The topological polar surface area (TPSA) is 74.6 Å². The van der Waals surface area contributed by atoms with Crippen LogP contribution in [0, 0.1) is 28.6 Å². The molecule has 23 heavy (non-hydrogen) atoms. The van der Waals surface area contributed by atoms with Crippen molar-refractivity contribution >= 4 is 11.6 Å². The molecule has 126 valence electrons. The molecule has 4 heteroatoms. The molecule has 2 unspecified atom stereocenters. The highest BCUT2D eigenvalue weighted by atomic mass is 16.3. The van der Waals surface area contributed by atoms with E-state index in [-0.39, 0.29) is 24.0 Å². The summed E-state index contributed by atoms with van der Waals surface area (Å²) in [5, 5.41) is 21.7. The van der Waals surface area contributed by atoms with Gasteiger partial charge >= 0.3 is 0 Å². The lowest BCUT2D eigenvalue weighted by atomic mass is 9.46. The number of aliphatic hydroxyl groups excluding tert-OH is 2. The Labute approximate surface area is 137 Å². The fraction of sp³-hybridized carbons (Fsp3) is 0.789. The van der Waals surface area contributed by atoms with Gasteiger partial charge in [0.1, 0.15) is 5.78 Å². The predicted molar refractivity (Wildman–Crippen MR) is 84.5 cm³/mol. The van der Waals surface area contributed by atoms with E-state index in [9.17, 15) is 19.8 Å². The second-order valence-corrected chi connectivity index (χ2v) is 8.62. The lowest BCUT2D eigenvalue weighted by molar-refractivity contribution is -0.160. The fourth-order valence-corrected chi connectivity index (χ4v) is 6.50. The zero-order valence-corrected chi connectivity index (χ0v) is 13.9. The zero-order valence-electron chi connectivity index (χ0n) is 13.9. The first-order chi connectivity index (χ1) is 10.8. The highest BCUT2D eigenvalue weighted by Gasteiger charge is 2.63. The first-order valence-corrected chi connectivity index (χ1v) is 8.92. The van der Waals surface area contributed by atoms with Gasteiger partial charge in [-0.3, -0.25) is 9.59 Å². The lowest BCUT2D eigenvalue weighted by Crippen LogP contribution is -2.60. The number of carbonyl (C=O) groups excluding carboxylic acids is 2. The number of ketones is 2. The van der Waals surface area contributed by atoms with Crippen molar-refractivity contribution in [1.29, 1.82) is 0 Å². The summed E-state index contributed by atoms with van der Waals surface area (Å²) in [6.07, 6.45) is 4.30. The van der Waals surface area contributed by atoms with Crippen LogP contribution in [0.4, 0.5) is 0 Å². The third-order valence-corrected chi connectivity index (χ3v) is 7.72. The van der Waals surface area contributed by atoms with Crippen LogP contribution in [0.3, 0.4) is 0 Å². The van der Waals surface area contributed by atoms with Gasteiger partial charge in [-0.15, -0.1) is 0 Å². The van der Waals surface area contributed by atoms with Crippen molar-refractivity contribution in [3.63, 3.8) is 0 Å². The Morgan fingerprint density at radius 1 is 1.13 bits per heavy atom. The second kappa shape index (κ2) is 4.76. The largest absolute Gasteiger partial charge is 0.393 e. The number of hydrogen-bond acceptors (Lipinski definition) is 4. The van der Waals surface area contributed by atoms with Crippen molar-refractivity contribution < 1.29 is 19.8 Å². The fourth-order valence-electron chi connectivity index (χ4n) is 6.50. The van der Waals surface area contributed by atoms with Gasteiger partial charge in [-0.2, -0.15) is 0 Å². The Morgan fingerprint density at radius 3 is 2.61 bits per heavy atom. The van der Waals surface area contributed by atoms with Gasteiger partial charge in [0, 0.05) is 23.7 Å². The summed E-state index contributed by atoms with van der Waals surface area (Å²) in [4.78, 5) is 24.2. The molecular formula is C19H26O4. The average molecular weight is 318 g/mol. The molecule has 4 aliphatic rings. The summed E-state index contributed by atoms with van der Waals surface area (Å²) >= 11 is 0. The maximum Gasteiger partial charge on any atom is 0.158 e. The summed E-state index contributed by atoms with van der Waals surface area (Å²) in [5.74, 6) is 0.821. The number of aliphatic hydroxyl groups is 2. The molecule has 0 amide bonds. The molecule has 0 aliphatic heterocycles. The second-order valence-electron chi connectivity index (χ2n) is 8.62. The number of Topliss-reactive ketones (excluding diaryl/α,β-unsaturated/α-hetero) is 1. The van der Waals surface area contributed by atoms with Crippen LogP contribution in [-0.2, 0) is 9.59 Å². The van der Waals surface area contributed by atoms with Gasteiger partial charge in [0.15, 0.2) is 5.78 Å². The molecule has 4 nitrogen and oxygen atoms in total. The standard InChI is InChI=1S/C19H26O4/c1-18-9-14(21)17-12(13(18)5-6-15(18)22)4-3-10-7-11(20)8-16(23)19(10,17)2/h7,12-14,16-17,21,23H,3-6,8-9H2,1-2H3/t12-,13-,14?,16?,17+,18-,19+/m0/s1. The normalized spacial score (nSPS) is 52.5. The molecule has 0 spiro atoms. The van der Waals surface area contributed by atoms with Crippen molar-refractivity contribution in [3.8, 4) is 0 Å². The molecule has 0 aromatic heterocycles. The van der Waals surface area contributed by atoms with E-state index in [0.717, 1.165) is 24.8 Å². The van der Waals surface area contributed by atoms with E-state index >= 15 is 0 Å². The molecule has 0 radical (unpaired) electrons. The van der Waals surface area contributed by atoms with Gasteiger partial charge < -0.3 is 10.2 Å². The molecule has 3 saturated carbocycles. The SMILES string of the molecule is C[C@]12CC(O)[C@H]3[C@@H](CCC4=CC(=O)CC(O)[C@@]43C)[C@@H]1CCC2=O. The molecule has 0 aromatic carbocycles. The Bertz CT molecular complexity index is 608. The molecule has 0 heterocycles. The van der Waals surface area contributed by atoms with Crippen LogP contribution >= 0.6 is 0 Å². The summed E-state index contributed by atoms with van der Waals surface area (Å²) in [6, 6.07) is 0. The van der Waals surface area contributed by atoms with Gasteiger partial charge in [0.2, 0.25) is 0 Å². The molecule has 0 bridgehead atoms. The molecule has 4 rings (SSSR count). The van der Waals surface area contributed by atoms with Crippen molar-refractivity contribution in [3.05, 3.63) is 11.6 Å². The Morgan fingerprint density at radius 2 is 1.87 bits per heavy atom. The molecule has 4 aliphatic carbocycles. The highest BCUT2D eigenvalue weighted by Crippen LogP contribution is 2.64. The minimum Gasteiger partial charge on any atom is -0.393 e. The first kappa shape index (κ1) is 15.5. The van der Waals surface area contributed by atoms with Crippen LogP contribution in [0.15, 0.2) is 11.6 Å². The van der Waals surface area contributed by atoms with E-state index in [2.05, 4.69) is 0 Å². The van der Waals surface area contributed by atoms with Crippen LogP contribution in [0.2, 0.25) is 0 Å². The van der Waals surface area contributed by atoms with Crippen molar-refractivity contribution in [2.45, 2.75) is 64.6 Å². The Hall–Kier alpha value is -1.00. The molecule has 7 atom stereocenters. The van der Waals surface area contributed by atoms with Gasteiger partial charge in [-0.25, -0.2) is 0 Å². The van der Waals surface area contributed by atoms with E-state index in [1.54, 1.807) is 6.08 Å². The number of carbonyl (C=O) groups is 2. The smallest absolute Gasteiger partial charge is 0.158 e. The Kier molecular flexibility index (Phi) is 3.21. The van der Waals surface area contributed by atoms with E-state index in [1.165, 1.54) is 0 Å². The highest BCUT2D eigenvalue weighted by molar-refractivity contribution is 5.92. The van der Waals surface area contributed by atoms with Crippen LogP contribution in [0.25, 0.3) is 0 Å². The Balaban J connectivity index is 1.79. The lowest BCUT2D eigenvalue weighted by Gasteiger charge is -2.59. The third-order valence-electron chi connectivity index (χ3n) is 7.72. The molecule has 3 fully saturated rings. The minimum atomic E-state index is -0.723. The maximum absolute atomic E-state index is 12.4. The number of rotatable bonds is 0. The predicted octanol–water partition coefficient (Wildman–Crippen LogP) is 2.03. The van der Waals surface area contributed by atoms with E-state index < -0.39 is 23.0 Å². The van der Waals surface area contributed by atoms with Gasteiger partial charge in [-0.1, -0.05) is 19.4 Å². The molecule has 0 saturated heterocycles. The van der Waals surface area contributed by atoms with Crippen LogP contribution in [0.1, 0.15) is 52.4 Å². The summed E-state index contributed by atoms with van der Waals surface area (Å²) < 4.78 is 0. The maximum atomic E-state index is 12.4. The summed E-state index contributed by atoms with van der Waals surface area (Å²) in [7, 11) is 0. The number of fused-ring (bicyclic) bond motifs is 5. The summed E-state index contributed by atoms with van der Waals surface area (Å²) in [5.41, 5.74) is 0.0889. The molecule has 2 N–H and O–H groups in total. The van der Waals surface area contributed by atoms with Crippen molar-refractivity contribution in [1.82, 2.24) is 0 Å². The summed E-state index contributed by atoms with van der Waals surface area (Å²) in [6.45, 7) is 4.05. The van der Waals surface area contributed by atoms with Gasteiger partial charge in [0.05, 0.1) is 12.2 Å². The monoisotopic (exact) mass is 318 g/mol. The van der Waals surface area contributed by atoms with Crippen molar-refractivity contribution in [2.75, 3.05) is 0 Å². The zero-order chi connectivity index (χ0) is 16.6. The minimum absolute atomic E-state index is 0.00499. The van der Waals surface area contributed by atoms with E-state index in [0.29, 0.717) is 24.5 Å². The molecule has 0 aromatic rings. The van der Waals surface area contributed by atoms with Crippen molar-refractivity contribution in [2.24, 2.45) is 28.6 Å². The van der Waals surface area contributed by atoms with Gasteiger partial charge in [0.25, 0.3) is 0 Å². The average Bonchev–Trinajstić information content (AvgIpc) is 2.76. The van der Waals surface area contributed by atoms with E-state index in [4.69, 9.17) is 0 Å². The molecular weight excluding hydrogens is 292 g/mol. The van der Waals surface area contributed by atoms with Crippen LogP contribution in [0.5, 0.6) is 0 Å².